The van der Waals surface area contributed by atoms with E-state index in [9.17, 15) is 0 Å². The SMILES string of the molecule is CN(CCc1cccs1)c1cc(Cl)ccc1CCl. The minimum Gasteiger partial charge on any atom is -0.374 e. The lowest BCUT2D eigenvalue weighted by Gasteiger charge is -2.22. The zero-order valence-electron chi connectivity index (χ0n) is 10.2. The zero-order valence-corrected chi connectivity index (χ0v) is 12.5. The Morgan fingerprint density at radius 3 is 2.78 bits per heavy atom. The second-order valence-electron chi connectivity index (χ2n) is 4.16. The first kappa shape index (κ1) is 13.7. The molecule has 0 aliphatic heterocycles. The number of hydrogen-bond donors (Lipinski definition) is 0. The number of thiophene rings is 1. The van der Waals surface area contributed by atoms with Crippen molar-refractivity contribution in [2.24, 2.45) is 0 Å². The van der Waals surface area contributed by atoms with Gasteiger partial charge in [0.05, 0.1) is 0 Å². The number of alkyl halides is 1. The summed E-state index contributed by atoms with van der Waals surface area (Å²) in [7, 11) is 2.08. The van der Waals surface area contributed by atoms with E-state index in [-0.39, 0.29) is 0 Å². The van der Waals surface area contributed by atoms with Crippen LogP contribution in [0.25, 0.3) is 0 Å². The van der Waals surface area contributed by atoms with Crippen molar-refractivity contribution in [2.75, 3.05) is 18.5 Å². The Morgan fingerprint density at radius 1 is 1.28 bits per heavy atom. The second-order valence-corrected chi connectivity index (χ2v) is 5.89. The van der Waals surface area contributed by atoms with Crippen molar-refractivity contribution in [3.63, 3.8) is 0 Å². The maximum absolute atomic E-state index is 6.05. The fraction of sp³-hybridized carbons (Fsp3) is 0.286. The van der Waals surface area contributed by atoms with E-state index in [1.807, 2.05) is 18.2 Å². The van der Waals surface area contributed by atoms with E-state index >= 15 is 0 Å². The minimum atomic E-state index is 0.510. The van der Waals surface area contributed by atoms with Gasteiger partial charge < -0.3 is 4.90 Å². The summed E-state index contributed by atoms with van der Waals surface area (Å²) in [6.45, 7) is 0.963. The third-order valence-electron chi connectivity index (χ3n) is 2.88. The average Bonchev–Trinajstić information content (AvgIpc) is 2.89. The normalized spacial score (nSPS) is 10.6. The van der Waals surface area contributed by atoms with Gasteiger partial charge in [0.1, 0.15) is 0 Å². The number of likely N-dealkylation sites (N-methyl/N-ethyl adjacent to an activating group) is 1. The molecule has 0 unspecified atom stereocenters. The fourth-order valence-corrected chi connectivity index (χ4v) is 2.95. The maximum atomic E-state index is 6.05. The van der Waals surface area contributed by atoms with Gasteiger partial charge in [0.15, 0.2) is 0 Å². The number of nitrogens with zero attached hydrogens (tertiary/aromatic N) is 1. The van der Waals surface area contributed by atoms with Crippen molar-refractivity contribution in [2.45, 2.75) is 12.3 Å². The molecule has 0 fully saturated rings. The lowest BCUT2D eigenvalue weighted by Crippen LogP contribution is -2.21. The third-order valence-corrected chi connectivity index (χ3v) is 4.34. The van der Waals surface area contributed by atoms with Gasteiger partial charge in [-0.15, -0.1) is 22.9 Å². The Labute approximate surface area is 122 Å². The first-order valence-electron chi connectivity index (χ1n) is 5.78. The highest BCUT2D eigenvalue weighted by atomic mass is 35.5. The Bertz CT molecular complexity index is 497. The molecule has 18 heavy (non-hydrogen) atoms. The molecule has 2 rings (SSSR count). The summed E-state index contributed by atoms with van der Waals surface area (Å²) in [6.07, 6.45) is 1.04. The van der Waals surface area contributed by atoms with Crippen LogP contribution in [0, 0.1) is 0 Å². The first-order chi connectivity index (χ1) is 8.70. The number of halogens is 2. The highest BCUT2D eigenvalue weighted by Crippen LogP contribution is 2.25. The van der Waals surface area contributed by atoms with E-state index in [0.717, 1.165) is 29.2 Å². The van der Waals surface area contributed by atoms with Gasteiger partial charge in [0.25, 0.3) is 0 Å². The summed E-state index contributed by atoms with van der Waals surface area (Å²) >= 11 is 13.8. The van der Waals surface area contributed by atoms with Crippen molar-refractivity contribution < 1.29 is 0 Å². The van der Waals surface area contributed by atoms with E-state index in [1.165, 1.54) is 4.88 Å². The van der Waals surface area contributed by atoms with Crippen LogP contribution in [0.5, 0.6) is 0 Å². The van der Waals surface area contributed by atoms with Crippen LogP contribution in [0.1, 0.15) is 10.4 Å². The molecule has 0 atom stereocenters. The molecule has 0 amide bonds. The molecule has 0 aliphatic carbocycles. The lowest BCUT2D eigenvalue weighted by atomic mass is 10.2. The van der Waals surface area contributed by atoms with Crippen molar-refractivity contribution in [1.82, 2.24) is 0 Å². The molecule has 0 radical (unpaired) electrons. The molecule has 0 bridgehead atoms. The smallest absolute Gasteiger partial charge is 0.0494 e. The van der Waals surface area contributed by atoms with Gasteiger partial charge in [0, 0.05) is 35.1 Å². The number of hydrogen-bond acceptors (Lipinski definition) is 2. The third kappa shape index (κ3) is 3.41. The predicted octanol–water partition coefficient (Wildman–Crippen LogP) is 4.82. The summed E-state index contributed by atoms with van der Waals surface area (Å²) in [5.41, 5.74) is 2.24. The van der Waals surface area contributed by atoms with Gasteiger partial charge >= 0.3 is 0 Å². The van der Waals surface area contributed by atoms with Crippen molar-refractivity contribution >= 4 is 40.2 Å². The van der Waals surface area contributed by atoms with Gasteiger partial charge in [-0.05, 0) is 35.6 Å². The second kappa shape index (κ2) is 6.46. The monoisotopic (exact) mass is 299 g/mol. The van der Waals surface area contributed by atoms with Crippen molar-refractivity contribution in [1.29, 1.82) is 0 Å². The molecule has 96 valence electrons. The van der Waals surface area contributed by atoms with Crippen LogP contribution >= 0.6 is 34.5 Å². The minimum absolute atomic E-state index is 0.510. The maximum Gasteiger partial charge on any atom is 0.0494 e. The van der Waals surface area contributed by atoms with Crippen LogP contribution in [0.2, 0.25) is 5.02 Å². The lowest BCUT2D eigenvalue weighted by molar-refractivity contribution is 0.882. The number of benzene rings is 1. The van der Waals surface area contributed by atoms with Crippen LogP contribution in [0.3, 0.4) is 0 Å². The fourth-order valence-electron chi connectivity index (χ4n) is 1.86. The van der Waals surface area contributed by atoms with Crippen LogP contribution in [0.4, 0.5) is 5.69 Å². The Kier molecular flexibility index (Phi) is 4.93. The molecule has 0 saturated carbocycles. The van der Waals surface area contributed by atoms with E-state index in [4.69, 9.17) is 23.2 Å². The molecule has 0 aliphatic rings. The molecule has 0 spiro atoms. The van der Waals surface area contributed by atoms with E-state index in [2.05, 4.69) is 29.5 Å². The van der Waals surface area contributed by atoms with Crippen LogP contribution < -0.4 is 4.90 Å². The van der Waals surface area contributed by atoms with Gasteiger partial charge in [0.2, 0.25) is 0 Å². The van der Waals surface area contributed by atoms with Crippen molar-refractivity contribution in [3.8, 4) is 0 Å². The van der Waals surface area contributed by atoms with E-state index < -0.39 is 0 Å². The molecule has 4 heteroatoms. The number of anilines is 1. The van der Waals surface area contributed by atoms with E-state index in [0.29, 0.717) is 5.88 Å². The predicted molar refractivity (Wildman–Crippen MR) is 82.3 cm³/mol. The van der Waals surface area contributed by atoms with Crippen LogP contribution in [-0.2, 0) is 12.3 Å². The highest BCUT2D eigenvalue weighted by Gasteiger charge is 2.08. The van der Waals surface area contributed by atoms with Gasteiger partial charge in [-0.1, -0.05) is 23.7 Å². The average molecular weight is 300 g/mol. The molecule has 0 N–H and O–H groups in total. The van der Waals surface area contributed by atoms with Crippen LogP contribution in [-0.4, -0.2) is 13.6 Å². The Morgan fingerprint density at radius 2 is 2.11 bits per heavy atom. The summed E-state index contributed by atoms with van der Waals surface area (Å²) in [5, 5.41) is 2.86. The highest BCUT2D eigenvalue weighted by molar-refractivity contribution is 7.09. The topological polar surface area (TPSA) is 3.24 Å². The molecule has 1 aromatic carbocycles. The van der Waals surface area contributed by atoms with Gasteiger partial charge in [-0.2, -0.15) is 0 Å². The molecular formula is C14H15Cl2NS. The summed E-state index contributed by atoms with van der Waals surface area (Å²) in [5.74, 6) is 0.510. The largest absolute Gasteiger partial charge is 0.374 e. The zero-order chi connectivity index (χ0) is 13.0. The first-order valence-corrected chi connectivity index (χ1v) is 7.58. The quantitative estimate of drug-likeness (QED) is 0.716. The summed E-state index contributed by atoms with van der Waals surface area (Å²) in [6, 6.07) is 10.1. The molecule has 0 saturated heterocycles. The molecule has 2 aromatic rings. The molecule has 1 nitrogen and oxygen atoms in total. The van der Waals surface area contributed by atoms with Gasteiger partial charge in [-0.3, -0.25) is 0 Å². The molecule has 1 heterocycles. The van der Waals surface area contributed by atoms with Crippen LogP contribution in [0.15, 0.2) is 35.7 Å². The van der Waals surface area contributed by atoms with Gasteiger partial charge in [-0.25, -0.2) is 0 Å². The Balaban J connectivity index is 2.08. The molecule has 1 aromatic heterocycles. The molecular weight excluding hydrogens is 285 g/mol. The Hall–Kier alpha value is -0.700. The van der Waals surface area contributed by atoms with E-state index in [1.54, 1.807) is 11.3 Å². The summed E-state index contributed by atoms with van der Waals surface area (Å²) in [4.78, 5) is 3.61. The van der Waals surface area contributed by atoms with Crippen molar-refractivity contribution in [3.05, 3.63) is 51.2 Å². The standard InChI is InChI=1S/C14H15Cl2NS/c1-17(7-6-13-3-2-8-18-13)14-9-12(16)5-4-11(14)10-15/h2-5,8-9H,6-7,10H2,1H3. The summed E-state index contributed by atoms with van der Waals surface area (Å²) < 4.78 is 0. The number of rotatable bonds is 5.